The van der Waals surface area contributed by atoms with Crippen molar-refractivity contribution < 1.29 is 9.31 Å². The van der Waals surface area contributed by atoms with Crippen LogP contribution in [0.25, 0.3) is 0 Å². The van der Waals surface area contributed by atoms with Crippen LogP contribution >= 0.6 is 0 Å². The van der Waals surface area contributed by atoms with Gasteiger partial charge in [-0.15, -0.1) is 0 Å². The van der Waals surface area contributed by atoms with Gasteiger partial charge in [0.15, 0.2) is 0 Å². The molecule has 17 heavy (non-hydrogen) atoms. The quantitative estimate of drug-likeness (QED) is 0.593. The van der Waals surface area contributed by atoms with E-state index in [1.807, 2.05) is 6.07 Å². The van der Waals surface area contributed by atoms with Gasteiger partial charge in [-0.05, 0) is 26.1 Å². The van der Waals surface area contributed by atoms with Crippen LogP contribution in [0.1, 0.15) is 12.5 Å². The topological polar surface area (TPSA) is 70.2 Å². The molecule has 6 heteroatoms. The second kappa shape index (κ2) is 5.37. The predicted octanol–water partition coefficient (Wildman–Crippen LogP) is 2.08. The van der Waals surface area contributed by atoms with Gasteiger partial charge in [0.05, 0.1) is 17.0 Å². The maximum absolute atomic E-state index is 13.0. The van der Waals surface area contributed by atoms with E-state index in [-0.39, 0.29) is 17.8 Å². The lowest BCUT2D eigenvalue weighted by Crippen LogP contribution is -2.27. The van der Waals surface area contributed by atoms with Crippen molar-refractivity contribution in [2.24, 2.45) is 0 Å². The normalized spacial score (nSPS) is 12.2. The van der Waals surface area contributed by atoms with E-state index in [1.54, 1.807) is 18.9 Å². The minimum absolute atomic E-state index is 0.136. The predicted molar refractivity (Wildman–Crippen MR) is 59.6 cm³/mol. The number of halogens is 1. The van der Waals surface area contributed by atoms with Crippen molar-refractivity contribution in [3.63, 3.8) is 0 Å². The van der Waals surface area contributed by atoms with Crippen LogP contribution in [0.4, 0.5) is 10.1 Å². The van der Waals surface area contributed by atoms with Crippen LogP contribution in [0.3, 0.4) is 0 Å². The van der Waals surface area contributed by atoms with Crippen molar-refractivity contribution in [2.75, 3.05) is 7.05 Å². The number of nitrogens with zero attached hydrogens (tertiary/aromatic N) is 3. The highest BCUT2D eigenvalue weighted by Gasteiger charge is 2.17. The molecule has 0 saturated heterocycles. The summed E-state index contributed by atoms with van der Waals surface area (Å²) in [6.45, 7) is 1.83. The molecule has 0 amide bonds. The summed E-state index contributed by atoms with van der Waals surface area (Å²) < 4.78 is 13.0. The Bertz CT molecular complexity index is 470. The molecule has 0 heterocycles. The molecule has 0 aliphatic heterocycles. The van der Waals surface area contributed by atoms with Crippen LogP contribution in [0, 0.1) is 27.3 Å². The van der Waals surface area contributed by atoms with E-state index >= 15 is 0 Å². The van der Waals surface area contributed by atoms with Crippen LogP contribution in [0.2, 0.25) is 0 Å². The van der Waals surface area contributed by atoms with E-state index in [0.717, 1.165) is 18.2 Å². The Hall–Kier alpha value is -2.00. The van der Waals surface area contributed by atoms with Crippen LogP contribution in [0.15, 0.2) is 18.2 Å². The Morgan fingerprint density at radius 1 is 1.65 bits per heavy atom. The number of nitro groups is 1. The van der Waals surface area contributed by atoms with Crippen LogP contribution < -0.4 is 0 Å². The zero-order chi connectivity index (χ0) is 13.0. The summed E-state index contributed by atoms with van der Waals surface area (Å²) in [5, 5.41) is 19.5. The van der Waals surface area contributed by atoms with Crippen molar-refractivity contribution in [1.29, 1.82) is 5.26 Å². The van der Waals surface area contributed by atoms with Crippen LogP contribution in [-0.4, -0.2) is 22.9 Å². The fourth-order valence-electron chi connectivity index (χ4n) is 1.36. The standard InChI is InChI=1S/C11H12FN3O2/c1-8(6-13)14(2)7-9-5-10(12)3-4-11(9)15(16)17/h3-5,8H,7H2,1-2H3. The minimum atomic E-state index is -0.556. The van der Waals surface area contributed by atoms with Crippen LogP contribution in [0.5, 0.6) is 0 Å². The Morgan fingerprint density at radius 3 is 2.82 bits per heavy atom. The van der Waals surface area contributed by atoms with E-state index in [4.69, 9.17) is 5.26 Å². The molecule has 0 bridgehead atoms. The maximum Gasteiger partial charge on any atom is 0.274 e. The van der Waals surface area contributed by atoms with E-state index in [0.29, 0.717) is 0 Å². The Morgan fingerprint density at radius 2 is 2.29 bits per heavy atom. The summed E-state index contributed by atoms with van der Waals surface area (Å²) in [7, 11) is 1.66. The monoisotopic (exact) mass is 237 g/mol. The zero-order valence-electron chi connectivity index (χ0n) is 9.55. The SMILES string of the molecule is CC(C#N)N(C)Cc1cc(F)ccc1[N+](=O)[O-]. The van der Waals surface area contributed by atoms with E-state index in [9.17, 15) is 14.5 Å². The van der Waals surface area contributed by atoms with Crippen molar-refractivity contribution in [3.8, 4) is 6.07 Å². The first-order chi connectivity index (χ1) is 7.95. The number of hydrogen-bond donors (Lipinski definition) is 0. The van der Waals surface area contributed by atoms with E-state index < -0.39 is 16.8 Å². The van der Waals surface area contributed by atoms with Gasteiger partial charge in [-0.2, -0.15) is 5.26 Å². The molecular weight excluding hydrogens is 225 g/mol. The minimum Gasteiger partial charge on any atom is -0.287 e. The van der Waals surface area contributed by atoms with Gasteiger partial charge in [0.25, 0.3) is 5.69 Å². The number of benzene rings is 1. The molecule has 1 rings (SSSR count). The first-order valence-electron chi connectivity index (χ1n) is 4.98. The third-order valence-electron chi connectivity index (χ3n) is 2.51. The molecule has 90 valence electrons. The van der Waals surface area contributed by atoms with Crippen LogP contribution in [-0.2, 0) is 6.54 Å². The molecule has 0 spiro atoms. The maximum atomic E-state index is 13.0. The highest BCUT2D eigenvalue weighted by atomic mass is 19.1. The molecule has 0 fully saturated rings. The van der Waals surface area contributed by atoms with Gasteiger partial charge in [-0.3, -0.25) is 15.0 Å². The molecule has 1 atom stereocenters. The smallest absolute Gasteiger partial charge is 0.274 e. The van der Waals surface area contributed by atoms with E-state index in [1.165, 1.54) is 0 Å². The van der Waals surface area contributed by atoms with Crippen molar-refractivity contribution in [1.82, 2.24) is 4.90 Å². The summed E-state index contributed by atoms with van der Waals surface area (Å²) in [5.41, 5.74) is 0.128. The van der Waals surface area contributed by atoms with Crippen molar-refractivity contribution in [3.05, 3.63) is 39.7 Å². The fourth-order valence-corrected chi connectivity index (χ4v) is 1.36. The first-order valence-corrected chi connectivity index (χ1v) is 4.98. The lowest BCUT2D eigenvalue weighted by molar-refractivity contribution is -0.385. The summed E-state index contributed by atoms with van der Waals surface area (Å²) in [4.78, 5) is 11.8. The lowest BCUT2D eigenvalue weighted by Gasteiger charge is -2.18. The average Bonchev–Trinajstić information content (AvgIpc) is 2.27. The van der Waals surface area contributed by atoms with Gasteiger partial charge in [-0.1, -0.05) is 0 Å². The average molecular weight is 237 g/mol. The highest BCUT2D eigenvalue weighted by molar-refractivity contribution is 5.40. The summed E-state index contributed by atoms with van der Waals surface area (Å²) >= 11 is 0. The molecule has 0 radical (unpaired) electrons. The molecule has 0 N–H and O–H groups in total. The third-order valence-corrected chi connectivity index (χ3v) is 2.51. The van der Waals surface area contributed by atoms with E-state index in [2.05, 4.69) is 0 Å². The van der Waals surface area contributed by atoms with Crippen molar-refractivity contribution in [2.45, 2.75) is 19.5 Å². The van der Waals surface area contributed by atoms with Gasteiger partial charge in [-0.25, -0.2) is 4.39 Å². The Kier molecular flexibility index (Phi) is 4.12. The van der Waals surface area contributed by atoms with Crippen molar-refractivity contribution >= 4 is 5.69 Å². The fraction of sp³-hybridized carbons (Fsp3) is 0.364. The highest BCUT2D eigenvalue weighted by Crippen LogP contribution is 2.21. The van der Waals surface area contributed by atoms with Gasteiger partial charge in [0.2, 0.25) is 0 Å². The Labute approximate surface area is 98.2 Å². The summed E-state index contributed by atoms with van der Waals surface area (Å²) in [6.07, 6.45) is 0. The second-order valence-electron chi connectivity index (χ2n) is 3.75. The largest absolute Gasteiger partial charge is 0.287 e. The number of hydrogen-bond acceptors (Lipinski definition) is 4. The molecular formula is C11H12FN3O2. The molecule has 1 unspecified atom stereocenters. The molecule has 1 aromatic rings. The van der Waals surface area contributed by atoms with Gasteiger partial charge in [0.1, 0.15) is 5.82 Å². The molecule has 0 aromatic heterocycles. The molecule has 1 aromatic carbocycles. The number of nitriles is 1. The number of nitro benzene ring substituents is 1. The summed E-state index contributed by atoms with van der Waals surface area (Å²) in [6, 6.07) is 4.93. The molecule has 0 aliphatic carbocycles. The van der Waals surface area contributed by atoms with Gasteiger partial charge in [0, 0.05) is 18.2 Å². The van der Waals surface area contributed by atoms with Gasteiger partial charge < -0.3 is 0 Å². The lowest BCUT2D eigenvalue weighted by atomic mass is 10.1. The number of rotatable bonds is 4. The molecule has 0 saturated carbocycles. The Balaban J connectivity index is 3.01. The third kappa shape index (κ3) is 3.23. The molecule has 5 nitrogen and oxygen atoms in total. The first kappa shape index (κ1) is 13.1. The second-order valence-corrected chi connectivity index (χ2v) is 3.75. The molecule has 0 aliphatic rings. The summed E-state index contributed by atoms with van der Waals surface area (Å²) in [5.74, 6) is -0.524. The zero-order valence-corrected chi connectivity index (χ0v) is 9.55. The van der Waals surface area contributed by atoms with Gasteiger partial charge >= 0.3 is 0 Å².